The Labute approximate surface area is 174 Å². The fourth-order valence-electron chi connectivity index (χ4n) is 3.08. The average molecular weight is 455 g/mol. The van der Waals surface area contributed by atoms with Gasteiger partial charge in [0.1, 0.15) is 5.60 Å². The lowest BCUT2D eigenvalue weighted by Gasteiger charge is -2.34. The van der Waals surface area contributed by atoms with Crippen molar-refractivity contribution in [3.05, 3.63) is 34.3 Å². The van der Waals surface area contributed by atoms with Gasteiger partial charge < -0.3 is 14.2 Å². The molecule has 0 saturated carbocycles. The van der Waals surface area contributed by atoms with Crippen molar-refractivity contribution in [3.8, 4) is 0 Å². The van der Waals surface area contributed by atoms with Crippen molar-refractivity contribution >= 4 is 33.8 Å². The molecule has 1 atom stereocenters. The highest BCUT2D eigenvalue weighted by molar-refractivity contribution is 9.10. The van der Waals surface area contributed by atoms with E-state index in [0.29, 0.717) is 6.42 Å². The zero-order valence-electron chi connectivity index (χ0n) is 16.9. The summed E-state index contributed by atoms with van der Waals surface area (Å²) in [6.45, 7) is 8.42. The third-order valence-electron chi connectivity index (χ3n) is 4.14. The van der Waals surface area contributed by atoms with Crippen molar-refractivity contribution in [1.82, 2.24) is 0 Å². The van der Waals surface area contributed by atoms with E-state index in [1.54, 1.807) is 20.8 Å². The first kappa shape index (κ1) is 22.4. The molecule has 1 aromatic rings. The van der Waals surface area contributed by atoms with Gasteiger partial charge in [-0.25, -0.2) is 0 Å². The molecule has 0 bridgehead atoms. The van der Waals surface area contributed by atoms with Crippen LogP contribution in [0.4, 0.5) is 0 Å². The molecule has 1 aromatic carbocycles. The molecule has 28 heavy (non-hydrogen) atoms. The molecule has 7 heteroatoms. The lowest BCUT2D eigenvalue weighted by atomic mass is 9.86. The van der Waals surface area contributed by atoms with E-state index in [0.717, 1.165) is 10.0 Å². The maximum Gasteiger partial charge on any atom is 0.323 e. The number of cyclic esters (lactones) is 2. The van der Waals surface area contributed by atoms with E-state index in [4.69, 9.17) is 14.2 Å². The third kappa shape index (κ3) is 6.93. The number of esters is 3. The van der Waals surface area contributed by atoms with E-state index >= 15 is 0 Å². The number of benzene rings is 1. The zero-order valence-corrected chi connectivity index (χ0v) is 18.5. The first-order chi connectivity index (χ1) is 12.8. The summed E-state index contributed by atoms with van der Waals surface area (Å²) in [6, 6.07) is 7.69. The summed E-state index contributed by atoms with van der Waals surface area (Å²) in [4.78, 5) is 37.0. The number of rotatable bonds is 6. The van der Waals surface area contributed by atoms with Crippen LogP contribution in [0.2, 0.25) is 0 Å². The van der Waals surface area contributed by atoms with Gasteiger partial charge in [0.2, 0.25) is 0 Å². The first-order valence-electron chi connectivity index (χ1n) is 9.26. The lowest BCUT2D eigenvalue weighted by Crippen LogP contribution is -2.47. The summed E-state index contributed by atoms with van der Waals surface area (Å²) < 4.78 is 16.8. The first-order valence-corrected chi connectivity index (χ1v) is 10.1. The second-order valence-corrected chi connectivity index (χ2v) is 9.43. The molecule has 1 aliphatic rings. The van der Waals surface area contributed by atoms with Crippen LogP contribution in [0.3, 0.4) is 0 Å². The fourth-order valence-corrected chi connectivity index (χ4v) is 3.35. The molecule has 154 valence electrons. The number of hydrogen-bond donors (Lipinski definition) is 0. The molecule has 0 N–H and O–H groups in total. The SMILES string of the molecule is CC(C)(C)OC(=O)C[C@H](Cc1ccc(Br)cc1)CC1C(=O)OC(C)(C)OC1=O. The van der Waals surface area contributed by atoms with Crippen LogP contribution < -0.4 is 0 Å². The molecule has 6 nitrogen and oxygen atoms in total. The Balaban J connectivity index is 2.15. The van der Waals surface area contributed by atoms with Crippen molar-refractivity contribution in [1.29, 1.82) is 0 Å². The predicted molar refractivity (Wildman–Crippen MR) is 106 cm³/mol. The molecule has 0 aromatic heterocycles. The molecule has 0 spiro atoms. The number of carbonyl (C=O) groups excluding carboxylic acids is 3. The van der Waals surface area contributed by atoms with Crippen LogP contribution in [-0.2, 0) is 35.0 Å². The van der Waals surface area contributed by atoms with Crippen molar-refractivity contribution in [2.45, 2.75) is 65.3 Å². The molecule has 0 unspecified atom stereocenters. The zero-order chi connectivity index (χ0) is 21.1. The maximum absolute atomic E-state index is 12.4. The van der Waals surface area contributed by atoms with Gasteiger partial charge >= 0.3 is 17.9 Å². The van der Waals surface area contributed by atoms with E-state index in [2.05, 4.69) is 15.9 Å². The van der Waals surface area contributed by atoms with Crippen LogP contribution >= 0.6 is 15.9 Å². The standard InChI is InChI=1S/C21H27BrO6/c1-20(2,3)26-17(23)12-14(10-13-6-8-15(22)9-7-13)11-16-18(24)27-21(4,5)28-19(16)25/h6-9,14,16H,10-12H2,1-5H3/t14-/m1/s1. The van der Waals surface area contributed by atoms with E-state index in [9.17, 15) is 14.4 Å². The van der Waals surface area contributed by atoms with Crippen molar-refractivity contribution in [2.75, 3.05) is 0 Å². The maximum atomic E-state index is 12.4. The summed E-state index contributed by atoms with van der Waals surface area (Å²) in [5.41, 5.74) is 0.390. The van der Waals surface area contributed by atoms with Crippen molar-refractivity contribution in [3.63, 3.8) is 0 Å². The summed E-state index contributed by atoms with van der Waals surface area (Å²) in [7, 11) is 0. The van der Waals surface area contributed by atoms with Gasteiger partial charge in [0.15, 0.2) is 5.92 Å². The molecular weight excluding hydrogens is 428 g/mol. The Kier molecular flexibility index (Phi) is 6.91. The Morgan fingerprint density at radius 3 is 2.18 bits per heavy atom. The van der Waals surface area contributed by atoms with Gasteiger partial charge in [0, 0.05) is 24.7 Å². The van der Waals surface area contributed by atoms with Gasteiger partial charge in [-0.15, -0.1) is 0 Å². The quantitative estimate of drug-likeness (QED) is 0.473. The van der Waals surface area contributed by atoms with Gasteiger partial charge in [-0.3, -0.25) is 14.4 Å². The minimum Gasteiger partial charge on any atom is -0.460 e. The molecule has 1 saturated heterocycles. The van der Waals surface area contributed by atoms with E-state index in [1.165, 1.54) is 13.8 Å². The highest BCUT2D eigenvalue weighted by atomic mass is 79.9. The van der Waals surface area contributed by atoms with Crippen molar-refractivity contribution in [2.24, 2.45) is 11.8 Å². The fraction of sp³-hybridized carbons (Fsp3) is 0.571. The van der Waals surface area contributed by atoms with Crippen molar-refractivity contribution < 1.29 is 28.6 Å². The second-order valence-electron chi connectivity index (χ2n) is 8.52. The summed E-state index contributed by atoms with van der Waals surface area (Å²) in [5.74, 6) is -4.19. The lowest BCUT2D eigenvalue weighted by molar-refractivity contribution is -0.240. The molecule has 2 rings (SSSR count). The molecule has 0 radical (unpaired) electrons. The molecule has 1 aliphatic heterocycles. The molecule has 1 heterocycles. The molecule has 0 aliphatic carbocycles. The van der Waals surface area contributed by atoms with Gasteiger partial charge in [0.05, 0.1) is 0 Å². The van der Waals surface area contributed by atoms with Crippen LogP contribution in [0.5, 0.6) is 0 Å². The topological polar surface area (TPSA) is 78.9 Å². The van der Waals surface area contributed by atoms with Gasteiger partial charge in [0.25, 0.3) is 5.79 Å². The smallest absolute Gasteiger partial charge is 0.323 e. The Morgan fingerprint density at radius 1 is 1.14 bits per heavy atom. The third-order valence-corrected chi connectivity index (χ3v) is 4.67. The monoisotopic (exact) mass is 454 g/mol. The van der Waals surface area contributed by atoms with Crippen LogP contribution in [-0.4, -0.2) is 29.3 Å². The molecule has 0 amide bonds. The summed E-state index contributed by atoms with van der Waals surface area (Å²) >= 11 is 3.39. The second kappa shape index (κ2) is 8.64. The van der Waals surface area contributed by atoms with Crippen LogP contribution in [0.1, 0.15) is 53.0 Å². The predicted octanol–water partition coefficient (Wildman–Crippen LogP) is 4.18. The van der Waals surface area contributed by atoms with Crippen LogP contribution in [0, 0.1) is 11.8 Å². The molecule has 1 fully saturated rings. The van der Waals surface area contributed by atoms with E-state index in [-0.39, 0.29) is 24.7 Å². The number of halogens is 1. The average Bonchev–Trinajstić information content (AvgIpc) is 2.50. The minimum atomic E-state index is -1.27. The molecular formula is C21H27BrO6. The highest BCUT2D eigenvalue weighted by Gasteiger charge is 2.44. The van der Waals surface area contributed by atoms with Gasteiger partial charge in [-0.1, -0.05) is 28.1 Å². The number of carbonyl (C=O) groups is 3. The number of ether oxygens (including phenoxy) is 3. The Bertz CT molecular complexity index is 712. The largest absolute Gasteiger partial charge is 0.460 e. The Hall–Kier alpha value is -1.89. The van der Waals surface area contributed by atoms with Gasteiger partial charge in [-0.2, -0.15) is 0 Å². The summed E-state index contributed by atoms with van der Waals surface area (Å²) in [6.07, 6.45) is 0.768. The van der Waals surface area contributed by atoms with Gasteiger partial charge in [-0.05, 0) is 57.2 Å². The van der Waals surface area contributed by atoms with E-state index < -0.39 is 29.2 Å². The summed E-state index contributed by atoms with van der Waals surface area (Å²) in [5, 5.41) is 0. The minimum absolute atomic E-state index is 0.0911. The van der Waals surface area contributed by atoms with E-state index in [1.807, 2.05) is 24.3 Å². The van der Waals surface area contributed by atoms with Crippen LogP contribution in [0.15, 0.2) is 28.7 Å². The normalized spacial score (nSPS) is 18.2. The highest BCUT2D eigenvalue weighted by Crippen LogP contribution is 2.30. The Morgan fingerprint density at radius 2 is 1.68 bits per heavy atom. The number of hydrogen-bond acceptors (Lipinski definition) is 6. The van der Waals surface area contributed by atoms with Crippen LogP contribution in [0.25, 0.3) is 0 Å².